The fourth-order valence-corrected chi connectivity index (χ4v) is 3.08. The standard InChI is InChI=1S/C20H20N.C5H8O2.Ir/c1-12-6-7-13(2)18(10-12)19-9-8-17-16(5)15(4)14(3)11-20(17)21-19;1-4(6)3-5(2)7;/h6-9,11H,1-5H3;3,6H,1-2H3;/q-1;;/b;4-3-;. The van der Waals surface area contributed by atoms with Gasteiger partial charge in [-0.3, -0.25) is 9.78 Å². The molecule has 1 heterocycles. The molecule has 0 saturated carbocycles. The zero-order valence-corrected chi connectivity index (χ0v) is 20.5. The predicted molar refractivity (Wildman–Crippen MR) is 117 cm³/mol. The maximum absolute atomic E-state index is 10.0. The Kier molecular flexibility index (Phi) is 8.94. The van der Waals surface area contributed by atoms with Gasteiger partial charge in [-0.2, -0.15) is 0 Å². The smallest absolute Gasteiger partial charge is 0.155 e. The van der Waals surface area contributed by atoms with E-state index in [0.717, 1.165) is 22.3 Å². The molecule has 0 bridgehead atoms. The van der Waals surface area contributed by atoms with Gasteiger partial charge in [-0.25, -0.2) is 0 Å². The van der Waals surface area contributed by atoms with Crippen molar-refractivity contribution in [2.24, 2.45) is 0 Å². The number of pyridine rings is 1. The topological polar surface area (TPSA) is 50.2 Å². The summed E-state index contributed by atoms with van der Waals surface area (Å²) in [5, 5.41) is 9.61. The zero-order chi connectivity index (χ0) is 21.0. The molecule has 0 saturated heterocycles. The summed E-state index contributed by atoms with van der Waals surface area (Å²) in [5.74, 6) is -0.0625. The number of ketones is 1. The van der Waals surface area contributed by atoms with Crippen molar-refractivity contribution < 1.29 is 30.0 Å². The van der Waals surface area contributed by atoms with Crippen LogP contribution in [0.5, 0.6) is 0 Å². The van der Waals surface area contributed by atoms with Crippen LogP contribution >= 0.6 is 0 Å². The number of carbonyl (C=O) groups is 1. The van der Waals surface area contributed by atoms with Crippen molar-refractivity contribution >= 4 is 16.7 Å². The van der Waals surface area contributed by atoms with Crippen molar-refractivity contribution in [3.8, 4) is 11.3 Å². The maximum Gasteiger partial charge on any atom is 0.155 e. The maximum atomic E-state index is 10.0. The molecule has 4 heteroatoms. The summed E-state index contributed by atoms with van der Waals surface area (Å²) in [6.07, 6.45) is 1.17. The number of carbonyl (C=O) groups excluding carboxylic acids is 1. The molecular formula is C25H28IrNO2-. The summed E-state index contributed by atoms with van der Waals surface area (Å²) in [6.45, 7) is 13.5. The molecule has 0 unspecified atom stereocenters. The van der Waals surface area contributed by atoms with Crippen LogP contribution in [0.2, 0.25) is 0 Å². The van der Waals surface area contributed by atoms with Gasteiger partial charge in [0.25, 0.3) is 0 Å². The Labute approximate surface area is 187 Å². The van der Waals surface area contributed by atoms with Gasteiger partial charge in [0.2, 0.25) is 0 Å². The number of rotatable bonds is 2. The molecule has 3 nitrogen and oxygen atoms in total. The van der Waals surface area contributed by atoms with Crippen molar-refractivity contribution in [3.05, 3.63) is 76.1 Å². The Morgan fingerprint density at radius 2 is 1.62 bits per heavy atom. The Hall–Kier alpha value is -2.29. The van der Waals surface area contributed by atoms with E-state index in [4.69, 9.17) is 10.1 Å². The van der Waals surface area contributed by atoms with Crippen molar-refractivity contribution in [2.45, 2.75) is 48.5 Å². The molecule has 2 aromatic carbocycles. The van der Waals surface area contributed by atoms with Gasteiger partial charge in [0.15, 0.2) is 5.78 Å². The first-order valence-corrected chi connectivity index (χ1v) is 9.35. The molecule has 1 N–H and O–H groups in total. The van der Waals surface area contributed by atoms with E-state index in [-0.39, 0.29) is 31.6 Å². The van der Waals surface area contributed by atoms with Crippen LogP contribution in [0.25, 0.3) is 22.2 Å². The molecule has 29 heavy (non-hydrogen) atoms. The number of allylic oxidation sites excluding steroid dienone is 2. The number of aliphatic hydroxyl groups excluding tert-OH is 1. The van der Waals surface area contributed by atoms with Crippen LogP contribution in [0, 0.1) is 40.7 Å². The summed E-state index contributed by atoms with van der Waals surface area (Å²) in [5.41, 5.74) is 9.53. The van der Waals surface area contributed by atoms with Gasteiger partial charge < -0.3 is 5.11 Å². The minimum atomic E-state index is -0.125. The Morgan fingerprint density at radius 1 is 0.966 bits per heavy atom. The Balaban J connectivity index is 0.000000456. The Bertz CT molecular complexity index is 1060. The van der Waals surface area contributed by atoms with Gasteiger partial charge in [0.1, 0.15) is 0 Å². The first kappa shape index (κ1) is 24.7. The van der Waals surface area contributed by atoms with E-state index in [1.165, 1.54) is 47.6 Å². The average molecular weight is 567 g/mol. The van der Waals surface area contributed by atoms with Crippen LogP contribution in [0.3, 0.4) is 0 Å². The quantitative estimate of drug-likeness (QED) is 0.226. The molecule has 0 fully saturated rings. The first-order valence-electron chi connectivity index (χ1n) is 9.35. The van der Waals surface area contributed by atoms with E-state index in [9.17, 15) is 4.79 Å². The van der Waals surface area contributed by atoms with E-state index in [2.05, 4.69) is 71.0 Å². The van der Waals surface area contributed by atoms with Crippen LogP contribution in [-0.2, 0) is 24.9 Å². The monoisotopic (exact) mass is 567 g/mol. The summed E-state index contributed by atoms with van der Waals surface area (Å²) in [7, 11) is 0. The van der Waals surface area contributed by atoms with Crippen LogP contribution < -0.4 is 0 Å². The average Bonchev–Trinajstić information content (AvgIpc) is 2.61. The molecule has 3 aromatic rings. The van der Waals surface area contributed by atoms with Gasteiger partial charge in [-0.1, -0.05) is 26.0 Å². The fraction of sp³-hybridized carbons (Fsp3) is 0.280. The second-order valence-electron chi connectivity index (χ2n) is 7.30. The zero-order valence-electron chi connectivity index (χ0n) is 18.1. The number of aromatic nitrogens is 1. The molecule has 3 rings (SSSR count). The minimum Gasteiger partial charge on any atom is -0.512 e. The summed E-state index contributed by atoms with van der Waals surface area (Å²) >= 11 is 0. The van der Waals surface area contributed by atoms with Crippen LogP contribution in [0.1, 0.15) is 41.7 Å². The van der Waals surface area contributed by atoms with Crippen molar-refractivity contribution in [1.29, 1.82) is 0 Å². The summed E-state index contributed by atoms with van der Waals surface area (Å²) in [6, 6.07) is 14.2. The third-order valence-electron chi connectivity index (χ3n) is 4.80. The summed E-state index contributed by atoms with van der Waals surface area (Å²) in [4.78, 5) is 14.9. The minimum absolute atomic E-state index is 0. The second kappa shape index (κ2) is 10.5. The molecule has 1 aromatic heterocycles. The number of aryl methyl sites for hydroxylation is 4. The van der Waals surface area contributed by atoms with Crippen LogP contribution in [0.4, 0.5) is 0 Å². The van der Waals surface area contributed by atoms with Crippen LogP contribution in [-0.4, -0.2) is 15.9 Å². The molecular weight excluding hydrogens is 538 g/mol. The molecule has 0 spiro atoms. The van der Waals surface area contributed by atoms with Crippen molar-refractivity contribution in [3.63, 3.8) is 0 Å². The number of nitrogens with zero attached hydrogens (tertiary/aromatic N) is 1. The Morgan fingerprint density at radius 3 is 2.17 bits per heavy atom. The number of aliphatic hydroxyl groups is 1. The SMILES string of the molecule is CC(=O)/C=C(/C)O.Cc1[c-]c(-c2ccc3c(C)c(C)c(C)cc3n2)c(C)cc1.[Ir]. The molecule has 155 valence electrons. The molecule has 0 aliphatic rings. The van der Waals surface area contributed by atoms with E-state index >= 15 is 0 Å². The van der Waals surface area contributed by atoms with E-state index in [1.807, 2.05) is 0 Å². The number of hydrogen-bond donors (Lipinski definition) is 1. The van der Waals surface area contributed by atoms with Crippen molar-refractivity contribution in [2.75, 3.05) is 0 Å². The summed E-state index contributed by atoms with van der Waals surface area (Å²) < 4.78 is 0. The number of fused-ring (bicyclic) bond motifs is 1. The van der Waals surface area contributed by atoms with Gasteiger partial charge in [-0.05, 0) is 63.1 Å². The fourth-order valence-electron chi connectivity index (χ4n) is 3.08. The predicted octanol–water partition coefficient (Wildman–Crippen LogP) is 6.28. The van der Waals surface area contributed by atoms with Gasteiger partial charge in [-0.15, -0.1) is 34.9 Å². The third kappa shape index (κ3) is 6.35. The van der Waals surface area contributed by atoms with Gasteiger partial charge >= 0.3 is 0 Å². The number of benzene rings is 2. The normalized spacial score (nSPS) is 10.8. The molecule has 0 atom stereocenters. The first-order chi connectivity index (χ1) is 13.1. The molecule has 0 aliphatic carbocycles. The van der Waals surface area contributed by atoms with Crippen LogP contribution in [0.15, 0.2) is 42.2 Å². The second-order valence-corrected chi connectivity index (χ2v) is 7.30. The number of hydrogen-bond acceptors (Lipinski definition) is 3. The molecule has 0 aliphatic heterocycles. The van der Waals surface area contributed by atoms with E-state index < -0.39 is 0 Å². The van der Waals surface area contributed by atoms with Crippen molar-refractivity contribution in [1.82, 2.24) is 4.98 Å². The molecule has 0 amide bonds. The van der Waals surface area contributed by atoms with Gasteiger partial charge in [0.05, 0.1) is 11.3 Å². The third-order valence-corrected chi connectivity index (χ3v) is 4.80. The van der Waals surface area contributed by atoms with E-state index in [1.54, 1.807) is 0 Å². The molecule has 1 radical (unpaired) electrons. The largest absolute Gasteiger partial charge is 0.512 e. The van der Waals surface area contributed by atoms with Gasteiger partial charge in [0, 0.05) is 31.6 Å². The van der Waals surface area contributed by atoms with E-state index in [0.29, 0.717) is 0 Å².